The molecule has 0 aromatic heterocycles. The molecule has 114 valence electrons. The third-order valence-corrected chi connectivity index (χ3v) is 4.59. The fraction of sp³-hybridized carbons (Fsp3) is 0.562. The normalized spacial score (nSPS) is 24.3. The number of likely N-dealkylation sites (tertiary alicyclic amines) is 1. The zero-order valence-electron chi connectivity index (χ0n) is 12.1. The highest BCUT2D eigenvalue weighted by Gasteiger charge is 2.29. The average molecular weight is 309 g/mol. The van der Waals surface area contributed by atoms with Crippen LogP contribution in [0.3, 0.4) is 0 Å². The number of nitrogens with zero attached hydrogens (tertiary/aromatic N) is 2. The SMILES string of the molecule is O=C(CN1CCC(N2CCOCC2)C1)c1ccc(Cl)cc1. The van der Waals surface area contributed by atoms with E-state index in [2.05, 4.69) is 9.80 Å². The standard InChI is InChI=1S/C16H21ClN2O2/c17-14-3-1-13(2-4-14)16(20)12-18-6-5-15(11-18)19-7-9-21-10-8-19/h1-4,15H,5-12H2. The van der Waals surface area contributed by atoms with Crippen LogP contribution in [0.1, 0.15) is 16.8 Å². The van der Waals surface area contributed by atoms with Crippen molar-refractivity contribution in [2.24, 2.45) is 0 Å². The van der Waals surface area contributed by atoms with Gasteiger partial charge in [-0.05, 0) is 30.7 Å². The number of hydrogen-bond acceptors (Lipinski definition) is 4. The molecule has 2 saturated heterocycles. The molecule has 1 aromatic carbocycles. The predicted molar refractivity (Wildman–Crippen MR) is 83.0 cm³/mol. The Labute approximate surface area is 130 Å². The highest BCUT2D eigenvalue weighted by Crippen LogP contribution is 2.18. The Morgan fingerprint density at radius 3 is 2.62 bits per heavy atom. The highest BCUT2D eigenvalue weighted by atomic mass is 35.5. The summed E-state index contributed by atoms with van der Waals surface area (Å²) >= 11 is 5.85. The van der Waals surface area contributed by atoms with Gasteiger partial charge < -0.3 is 4.74 Å². The Bertz CT molecular complexity index is 486. The van der Waals surface area contributed by atoms with Crippen molar-refractivity contribution in [2.45, 2.75) is 12.5 Å². The van der Waals surface area contributed by atoms with Crippen molar-refractivity contribution in [3.63, 3.8) is 0 Å². The van der Waals surface area contributed by atoms with E-state index in [4.69, 9.17) is 16.3 Å². The average Bonchev–Trinajstić information content (AvgIpc) is 2.97. The van der Waals surface area contributed by atoms with Crippen molar-refractivity contribution in [1.29, 1.82) is 0 Å². The molecule has 0 aliphatic carbocycles. The first-order chi connectivity index (χ1) is 10.2. The smallest absolute Gasteiger partial charge is 0.176 e. The molecule has 2 heterocycles. The van der Waals surface area contributed by atoms with E-state index in [-0.39, 0.29) is 5.78 Å². The molecule has 0 amide bonds. The van der Waals surface area contributed by atoms with Gasteiger partial charge in [-0.2, -0.15) is 0 Å². The number of rotatable bonds is 4. The van der Waals surface area contributed by atoms with E-state index in [1.165, 1.54) is 0 Å². The lowest BCUT2D eigenvalue weighted by molar-refractivity contribution is 0.0185. The molecule has 0 radical (unpaired) electrons. The van der Waals surface area contributed by atoms with Gasteiger partial charge in [-0.3, -0.25) is 14.6 Å². The minimum atomic E-state index is 0.175. The summed E-state index contributed by atoms with van der Waals surface area (Å²) in [6, 6.07) is 7.73. The van der Waals surface area contributed by atoms with Gasteiger partial charge in [0.1, 0.15) is 0 Å². The summed E-state index contributed by atoms with van der Waals surface area (Å²) in [4.78, 5) is 17.0. The van der Waals surface area contributed by atoms with E-state index < -0.39 is 0 Å². The highest BCUT2D eigenvalue weighted by molar-refractivity contribution is 6.30. The van der Waals surface area contributed by atoms with Crippen molar-refractivity contribution in [3.8, 4) is 0 Å². The van der Waals surface area contributed by atoms with Crippen molar-refractivity contribution in [1.82, 2.24) is 9.80 Å². The van der Waals surface area contributed by atoms with Crippen LogP contribution in [-0.4, -0.2) is 67.6 Å². The van der Waals surface area contributed by atoms with E-state index in [9.17, 15) is 4.79 Å². The lowest BCUT2D eigenvalue weighted by atomic mass is 10.1. The monoisotopic (exact) mass is 308 g/mol. The summed E-state index contributed by atoms with van der Waals surface area (Å²) in [5.74, 6) is 0.175. The second-order valence-electron chi connectivity index (χ2n) is 5.76. The summed E-state index contributed by atoms with van der Waals surface area (Å²) in [5, 5.41) is 0.667. The molecule has 3 rings (SSSR count). The second-order valence-corrected chi connectivity index (χ2v) is 6.19. The summed E-state index contributed by atoms with van der Waals surface area (Å²) in [6.45, 7) is 6.19. The largest absolute Gasteiger partial charge is 0.379 e. The fourth-order valence-electron chi connectivity index (χ4n) is 3.13. The van der Waals surface area contributed by atoms with Gasteiger partial charge in [0.05, 0.1) is 19.8 Å². The molecule has 0 N–H and O–H groups in total. The Morgan fingerprint density at radius 1 is 1.19 bits per heavy atom. The number of hydrogen-bond donors (Lipinski definition) is 0. The molecule has 2 fully saturated rings. The summed E-state index contributed by atoms with van der Waals surface area (Å²) in [5.41, 5.74) is 0.745. The molecule has 21 heavy (non-hydrogen) atoms. The first-order valence-corrected chi connectivity index (χ1v) is 7.93. The number of ketones is 1. The summed E-state index contributed by atoms with van der Waals surface area (Å²) < 4.78 is 5.40. The van der Waals surface area contributed by atoms with Crippen LogP contribution >= 0.6 is 11.6 Å². The Hall–Kier alpha value is -0.940. The zero-order chi connectivity index (χ0) is 14.7. The van der Waals surface area contributed by atoms with Gasteiger partial charge in [-0.15, -0.1) is 0 Å². The zero-order valence-corrected chi connectivity index (χ0v) is 12.9. The van der Waals surface area contributed by atoms with Crippen molar-refractivity contribution in [3.05, 3.63) is 34.9 Å². The Kier molecular flexibility index (Phi) is 4.91. The van der Waals surface area contributed by atoms with Gasteiger partial charge >= 0.3 is 0 Å². The number of halogens is 1. The van der Waals surface area contributed by atoms with E-state index >= 15 is 0 Å². The number of benzene rings is 1. The van der Waals surface area contributed by atoms with Gasteiger partial charge in [-0.1, -0.05) is 11.6 Å². The third kappa shape index (κ3) is 3.83. The maximum absolute atomic E-state index is 12.3. The molecular formula is C16H21ClN2O2. The summed E-state index contributed by atoms with van der Waals surface area (Å²) in [6.07, 6.45) is 1.15. The van der Waals surface area contributed by atoms with Crippen molar-refractivity contribution in [2.75, 3.05) is 45.9 Å². The quantitative estimate of drug-likeness (QED) is 0.796. The van der Waals surface area contributed by atoms with E-state index in [1.54, 1.807) is 24.3 Å². The van der Waals surface area contributed by atoms with Crippen LogP contribution in [0.25, 0.3) is 0 Å². The van der Waals surface area contributed by atoms with Crippen LogP contribution in [0, 0.1) is 0 Å². The summed E-state index contributed by atoms with van der Waals surface area (Å²) in [7, 11) is 0. The van der Waals surface area contributed by atoms with E-state index in [1.807, 2.05) is 0 Å². The number of ether oxygens (including phenoxy) is 1. The molecule has 2 aliphatic heterocycles. The van der Waals surface area contributed by atoms with Gasteiger partial charge in [0.25, 0.3) is 0 Å². The van der Waals surface area contributed by atoms with Crippen LogP contribution in [0.15, 0.2) is 24.3 Å². The van der Waals surface area contributed by atoms with E-state index in [0.29, 0.717) is 17.6 Å². The lowest BCUT2D eigenvalue weighted by Crippen LogP contribution is -2.45. The maximum Gasteiger partial charge on any atom is 0.176 e. The van der Waals surface area contributed by atoms with Gasteiger partial charge in [-0.25, -0.2) is 0 Å². The molecule has 0 saturated carbocycles. The van der Waals surface area contributed by atoms with Crippen LogP contribution in [0.5, 0.6) is 0 Å². The van der Waals surface area contributed by atoms with Gasteiger partial charge in [0.2, 0.25) is 0 Å². The molecule has 4 nitrogen and oxygen atoms in total. The maximum atomic E-state index is 12.3. The molecule has 5 heteroatoms. The second kappa shape index (κ2) is 6.88. The van der Waals surface area contributed by atoms with Crippen molar-refractivity contribution < 1.29 is 9.53 Å². The molecule has 0 spiro atoms. The Morgan fingerprint density at radius 2 is 1.90 bits per heavy atom. The minimum Gasteiger partial charge on any atom is -0.379 e. The number of carbonyl (C=O) groups excluding carboxylic acids is 1. The minimum absolute atomic E-state index is 0.175. The molecule has 1 atom stereocenters. The van der Waals surface area contributed by atoms with Crippen LogP contribution in [-0.2, 0) is 4.74 Å². The van der Waals surface area contributed by atoms with Gasteiger partial charge in [0.15, 0.2) is 5.78 Å². The lowest BCUT2D eigenvalue weighted by Gasteiger charge is -2.32. The Balaban J connectivity index is 1.52. The first-order valence-electron chi connectivity index (χ1n) is 7.55. The first kappa shape index (κ1) is 15.0. The van der Waals surface area contributed by atoms with E-state index in [0.717, 1.165) is 51.4 Å². The molecular weight excluding hydrogens is 288 g/mol. The number of carbonyl (C=O) groups is 1. The molecule has 0 bridgehead atoms. The van der Waals surface area contributed by atoms with Crippen LogP contribution < -0.4 is 0 Å². The van der Waals surface area contributed by atoms with Crippen LogP contribution in [0.4, 0.5) is 0 Å². The molecule has 1 unspecified atom stereocenters. The third-order valence-electron chi connectivity index (χ3n) is 4.34. The van der Waals surface area contributed by atoms with Gasteiger partial charge in [0, 0.05) is 42.8 Å². The van der Waals surface area contributed by atoms with Crippen molar-refractivity contribution >= 4 is 17.4 Å². The predicted octanol–water partition coefficient (Wildman–Crippen LogP) is 1.93. The molecule has 1 aromatic rings. The topological polar surface area (TPSA) is 32.8 Å². The number of morpholine rings is 1. The van der Waals surface area contributed by atoms with Crippen LogP contribution in [0.2, 0.25) is 5.02 Å². The molecule has 2 aliphatic rings. The fourth-order valence-corrected chi connectivity index (χ4v) is 3.25. The number of Topliss-reactive ketones (excluding diaryl/α,β-unsaturated/α-hetero) is 1.